The van der Waals surface area contributed by atoms with E-state index in [1.807, 2.05) is 0 Å². The number of nitrogens with one attached hydrogen (secondary N) is 1. The Balaban J connectivity index is 1.58. The quantitative estimate of drug-likeness (QED) is 0.747. The van der Waals surface area contributed by atoms with Crippen molar-refractivity contribution in [2.75, 3.05) is 26.2 Å². The molecule has 1 heterocycles. The summed E-state index contributed by atoms with van der Waals surface area (Å²) in [5.74, 6) is -2.85. The van der Waals surface area contributed by atoms with Crippen molar-refractivity contribution in [3.05, 3.63) is 35.4 Å². The minimum Gasteiger partial charge on any atom is -0.340 e. The number of carbonyl (C=O) groups is 3. The molecule has 0 spiro atoms. The van der Waals surface area contributed by atoms with Crippen LogP contribution >= 0.6 is 0 Å². The van der Waals surface area contributed by atoms with Crippen molar-refractivity contribution in [2.24, 2.45) is 11.8 Å². The highest BCUT2D eigenvalue weighted by Gasteiger charge is 2.33. The number of hydrogen-bond acceptors (Lipinski definition) is 3. The van der Waals surface area contributed by atoms with Gasteiger partial charge in [0.1, 0.15) is 23.2 Å². The highest BCUT2D eigenvalue weighted by atomic mass is 19.1. The van der Waals surface area contributed by atoms with Gasteiger partial charge < -0.3 is 15.1 Å². The highest BCUT2D eigenvalue weighted by molar-refractivity contribution is 5.98. The summed E-state index contributed by atoms with van der Waals surface area (Å²) in [4.78, 5) is 41.5. The Morgan fingerprint density at radius 1 is 1.00 bits per heavy atom. The molecular weight excluding hydrogens is 404 g/mol. The van der Waals surface area contributed by atoms with Crippen LogP contribution < -0.4 is 5.32 Å². The maximum absolute atomic E-state index is 13.9. The van der Waals surface area contributed by atoms with E-state index in [1.54, 1.807) is 23.6 Å². The van der Waals surface area contributed by atoms with Crippen LogP contribution in [0, 0.1) is 23.5 Å². The number of carbonyl (C=O) groups excluding carboxylic acids is 3. The second-order valence-corrected chi connectivity index (χ2v) is 8.85. The Morgan fingerprint density at radius 3 is 2.10 bits per heavy atom. The predicted octanol–water partition coefficient (Wildman–Crippen LogP) is 2.97. The smallest absolute Gasteiger partial charge is 0.257 e. The topological polar surface area (TPSA) is 69.7 Å². The van der Waals surface area contributed by atoms with E-state index in [0.29, 0.717) is 38.5 Å². The van der Waals surface area contributed by atoms with Gasteiger partial charge in [-0.25, -0.2) is 8.78 Å². The largest absolute Gasteiger partial charge is 0.340 e. The normalized spacial score (nSPS) is 18.4. The summed E-state index contributed by atoms with van der Waals surface area (Å²) in [5, 5.41) is 2.50. The molecule has 31 heavy (non-hydrogen) atoms. The fraction of sp³-hybridized carbons (Fsp3) is 0.609. The molecular formula is C23H31F2N3O3. The molecule has 3 amide bonds. The second-order valence-electron chi connectivity index (χ2n) is 8.85. The summed E-state index contributed by atoms with van der Waals surface area (Å²) in [6.45, 7) is 5.20. The lowest BCUT2D eigenvalue weighted by Crippen LogP contribution is -2.57. The van der Waals surface area contributed by atoms with Crippen molar-refractivity contribution in [3.63, 3.8) is 0 Å². The molecule has 1 atom stereocenters. The van der Waals surface area contributed by atoms with Gasteiger partial charge in [-0.3, -0.25) is 14.4 Å². The zero-order valence-electron chi connectivity index (χ0n) is 18.2. The van der Waals surface area contributed by atoms with Crippen molar-refractivity contribution >= 4 is 17.7 Å². The molecule has 1 saturated heterocycles. The maximum atomic E-state index is 13.9. The average molecular weight is 436 g/mol. The monoisotopic (exact) mass is 435 g/mol. The van der Waals surface area contributed by atoms with Crippen LogP contribution in [0.25, 0.3) is 0 Å². The summed E-state index contributed by atoms with van der Waals surface area (Å²) >= 11 is 0. The molecule has 1 aliphatic heterocycles. The summed E-state index contributed by atoms with van der Waals surface area (Å²) in [7, 11) is 0. The van der Waals surface area contributed by atoms with Crippen LogP contribution in [0.15, 0.2) is 18.2 Å². The van der Waals surface area contributed by atoms with E-state index in [-0.39, 0.29) is 17.7 Å². The lowest BCUT2D eigenvalue weighted by Gasteiger charge is -2.37. The van der Waals surface area contributed by atoms with Gasteiger partial charge in [0, 0.05) is 32.6 Å². The van der Waals surface area contributed by atoms with Gasteiger partial charge in [-0.05, 0) is 36.8 Å². The lowest BCUT2D eigenvalue weighted by atomic mass is 10.0. The first kappa shape index (κ1) is 23.2. The van der Waals surface area contributed by atoms with Crippen molar-refractivity contribution in [1.82, 2.24) is 15.1 Å². The third kappa shape index (κ3) is 5.60. The van der Waals surface area contributed by atoms with Gasteiger partial charge >= 0.3 is 0 Å². The van der Waals surface area contributed by atoms with Gasteiger partial charge in [-0.2, -0.15) is 0 Å². The Labute approximate surface area is 182 Å². The Kier molecular flexibility index (Phi) is 7.62. The average Bonchev–Trinajstić information content (AvgIpc) is 3.24. The lowest BCUT2D eigenvalue weighted by molar-refractivity contribution is -0.141. The molecule has 1 aliphatic carbocycles. The van der Waals surface area contributed by atoms with E-state index in [1.165, 1.54) is 18.9 Å². The van der Waals surface area contributed by atoms with Gasteiger partial charge in [-0.15, -0.1) is 0 Å². The minimum atomic E-state index is -0.971. The standard InChI is InChI=1S/C23H31F2N3O3/c1-15(2)21(26-22(30)20-17(24)8-5-9-18(20)25)23(31)28-12-10-27(11-13-28)19(29)14-16-6-3-4-7-16/h5,8-9,15-16,21H,3-4,6-7,10-14H2,1-2H3,(H,26,30)/t21-/m0/s1. The van der Waals surface area contributed by atoms with Crippen LogP contribution in [0.1, 0.15) is 56.3 Å². The van der Waals surface area contributed by atoms with Crippen LogP contribution in [0.3, 0.4) is 0 Å². The number of benzene rings is 1. The fourth-order valence-corrected chi connectivity index (χ4v) is 4.41. The Bertz CT molecular complexity index is 796. The maximum Gasteiger partial charge on any atom is 0.257 e. The summed E-state index contributed by atoms with van der Waals surface area (Å²) in [5.41, 5.74) is -0.691. The van der Waals surface area contributed by atoms with Crippen LogP contribution in [-0.2, 0) is 9.59 Å². The van der Waals surface area contributed by atoms with Gasteiger partial charge in [0.2, 0.25) is 11.8 Å². The van der Waals surface area contributed by atoms with Crippen LogP contribution in [0.5, 0.6) is 0 Å². The Morgan fingerprint density at radius 2 is 1.55 bits per heavy atom. The number of halogens is 2. The first-order valence-corrected chi connectivity index (χ1v) is 11.1. The van der Waals surface area contributed by atoms with E-state index >= 15 is 0 Å². The molecule has 3 rings (SSSR count). The van der Waals surface area contributed by atoms with E-state index in [0.717, 1.165) is 25.0 Å². The van der Waals surface area contributed by atoms with Gasteiger partial charge in [0.25, 0.3) is 5.91 Å². The first-order chi connectivity index (χ1) is 14.8. The molecule has 0 unspecified atom stereocenters. The van der Waals surface area contributed by atoms with Crippen molar-refractivity contribution in [3.8, 4) is 0 Å². The molecule has 2 aliphatic rings. The number of hydrogen-bond donors (Lipinski definition) is 1. The van der Waals surface area contributed by atoms with Gasteiger partial charge in [-0.1, -0.05) is 32.8 Å². The van der Waals surface area contributed by atoms with Crippen LogP contribution in [-0.4, -0.2) is 59.7 Å². The van der Waals surface area contributed by atoms with Crippen molar-refractivity contribution in [2.45, 2.75) is 52.0 Å². The Hall–Kier alpha value is -2.51. The number of rotatable bonds is 6. The van der Waals surface area contributed by atoms with E-state index in [4.69, 9.17) is 0 Å². The predicted molar refractivity (Wildman–Crippen MR) is 112 cm³/mol. The number of amides is 3. The molecule has 6 nitrogen and oxygen atoms in total. The number of piperazine rings is 1. The minimum absolute atomic E-state index is 0.141. The molecule has 1 aromatic rings. The van der Waals surface area contributed by atoms with Gasteiger partial charge in [0.15, 0.2) is 0 Å². The van der Waals surface area contributed by atoms with Crippen molar-refractivity contribution < 1.29 is 23.2 Å². The molecule has 0 radical (unpaired) electrons. The van der Waals surface area contributed by atoms with Gasteiger partial charge in [0.05, 0.1) is 0 Å². The molecule has 0 aromatic heterocycles. The second kappa shape index (κ2) is 10.2. The molecule has 1 aromatic carbocycles. The van der Waals surface area contributed by atoms with Crippen LogP contribution in [0.4, 0.5) is 8.78 Å². The summed E-state index contributed by atoms with van der Waals surface area (Å²) < 4.78 is 27.9. The van der Waals surface area contributed by atoms with Crippen LogP contribution in [0.2, 0.25) is 0 Å². The number of nitrogens with zero attached hydrogens (tertiary/aromatic N) is 2. The molecule has 1 saturated carbocycles. The summed E-state index contributed by atoms with van der Waals surface area (Å²) in [6.07, 6.45) is 5.19. The van der Waals surface area contributed by atoms with Crippen molar-refractivity contribution in [1.29, 1.82) is 0 Å². The third-order valence-electron chi connectivity index (χ3n) is 6.29. The zero-order chi connectivity index (χ0) is 22.5. The SMILES string of the molecule is CC(C)[C@H](NC(=O)c1c(F)cccc1F)C(=O)N1CCN(C(=O)CC2CCCC2)CC1. The zero-order valence-corrected chi connectivity index (χ0v) is 18.2. The van der Waals surface area contributed by atoms with E-state index in [9.17, 15) is 23.2 Å². The molecule has 0 bridgehead atoms. The first-order valence-electron chi connectivity index (χ1n) is 11.1. The fourth-order valence-electron chi connectivity index (χ4n) is 4.41. The summed E-state index contributed by atoms with van der Waals surface area (Å²) in [6, 6.07) is 2.28. The van der Waals surface area contributed by atoms with E-state index in [2.05, 4.69) is 5.32 Å². The molecule has 170 valence electrons. The third-order valence-corrected chi connectivity index (χ3v) is 6.29. The van der Waals surface area contributed by atoms with E-state index < -0.39 is 29.1 Å². The molecule has 8 heteroatoms. The molecule has 2 fully saturated rings. The highest BCUT2D eigenvalue weighted by Crippen LogP contribution is 2.28. The molecule has 1 N–H and O–H groups in total.